The second-order valence-corrected chi connectivity index (χ2v) is 6.43. The van der Waals surface area contributed by atoms with E-state index in [1.165, 1.54) is 23.1 Å². The first-order valence-electron chi connectivity index (χ1n) is 5.10. The summed E-state index contributed by atoms with van der Waals surface area (Å²) < 4.78 is 1.69. The number of nitrogens with zero attached hydrogens (tertiary/aromatic N) is 2. The van der Waals surface area contributed by atoms with Crippen LogP contribution in [-0.4, -0.2) is 21.9 Å². The van der Waals surface area contributed by atoms with Crippen molar-refractivity contribution in [2.75, 3.05) is 11.1 Å². The Morgan fingerprint density at radius 1 is 1.56 bits per heavy atom. The Labute approximate surface area is 121 Å². The number of carbonyl (C=O) groups excluding carboxylic acids is 1. The Morgan fingerprint density at radius 2 is 2.39 bits per heavy atom. The summed E-state index contributed by atoms with van der Waals surface area (Å²) in [6, 6.07) is 5.80. The standard InChI is InChI=1S/C11H10BrN3OS2/c1-7-2-3-9(8(12)4-7)14-10(16)5-17-11-15-13-6-18-11/h2-4,6H,5H2,1H3,(H,14,16). The summed E-state index contributed by atoms with van der Waals surface area (Å²) in [7, 11) is 0. The molecule has 0 unspecified atom stereocenters. The molecule has 0 saturated heterocycles. The molecule has 0 aliphatic heterocycles. The zero-order valence-electron chi connectivity index (χ0n) is 9.51. The molecule has 2 rings (SSSR count). The Kier molecular flexibility index (Phi) is 4.73. The van der Waals surface area contributed by atoms with Crippen LogP contribution in [0.25, 0.3) is 0 Å². The molecule has 0 aliphatic carbocycles. The van der Waals surface area contributed by atoms with E-state index in [0.29, 0.717) is 5.75 Å². The lowest BCUT2D eigenvalue weighted by atomic mass is 10.2. The molecule has 4 nitrogen and oxygen atoms in total. The lowest BCUT2D eigenvalue weighted by molar-refractivity contribution is -0.113. The number of rotatable bonds is 4. The maximum absolute atomic E-state index is 11.7. The number of halogens is 1. The van der Waals surface area contributed by atoms with Crippen LogP contribution in [0.1, 0.15) is 5.56 Å². The van der Waals surface area contributed by atoms with Gasteiger partial charge in [-0.2, -0.15) is 0 Å². The quantitative estimate of drug-likeness (QED) is 0.865. The van der Waals surface area contributed by atoms with Gasteiger partial charge in [-0.1, -0.05) is 29.2 Å². The first-order valence-corrected chi connectivity index (χ1v) is 7.76. The predicted octanol–water partition coefficient (Wildman–Crippen LogP) is 3.34. The van der Waals surface area contributed by atoms with Crippen molar-refractivity contribution in [2.45, 2.75) is 11.3 Å². The fourth-order valence-electron chi connectivity index (χ4n) is 1.26. The van der Waals surface area contributed by atoms with Gasteiger partial charge in [-0.25, -0.2) is 0 Å². The topological polar surface area (TPSA) is 54.9 Å². The maximum Gasteiger partial charge on any atom is 0.234 e. The number of amides is 1. The number of anilines is 1. The summed E-state index contributed by atoms with van der Waals surface area (Å²) in [5, 5.41) is 10.4. The second kappa shape index (κ2) is 6.31. The van der Waals surface area contributed by atoms with Gasteiger partial charge in [-0.3, -0.25) is 4.79 Å². The summed E-state index contributed by atoms with van der Waals surface area (Å²) in [6.07, 6.45) is 0. The summed E-state index contributed by atoms with van der Waals surface area (Å²) in [5.41, 5.74) is 3.57. The monoisotopic (exact) mass is 343 g/mol. The highest BCUT2D eigenvalue weighted by molar-refractivity contribution is 9.10. The molecule has 1 N–H and O–H groups in total. The number of hydrogen-bond donors (Lipinski definition) is 1. The zero-order valence-corrected chi connectivity index (χ0v) is 12.7. The number of benzene rings is 1. The fourth-order valence-corrected chi connectivity index (χ4v) is 3.14. The highest BCUT2D eigenvalue weighted by Crippen LogP contribution is 2.24. The van der Waals surface area contributed by atoms with Crippen molar-refractivity contribution < 1.29 is 4.79 Å². The molecule has 0 spiro atoms. The van der Waals surface area contributed by atoms with Crippen molar-refractivity contribution in [1.82, 2.24) is 10.2 Å². The van der Waals surface area contributed by atoms with Crippen LogP contribution in [0.5, 0.6) is 0 Å². The summed E-state index contributed by atoms with van der Waals surface area (Å²) in [4.78, 5) is 11.7. The molecular formula is C11H10BrN3OS2. The van der Waals surface area contributed by atoms with Gasteiger partial charge in [0.2, 0.25) is 5.91 Å². The van der Waals surface area contributed by atoms with Crippen molar-refractivity contribution in [1.29, 1.82) is 0 Å². The fraction of sp³-hybridized carbons (Fsp3) is 0.182. The van der Waals surface area contributed by atoms with Crippen molar-refractivity contribution in [3.8, 4) is 0 Å². The summed E-state index contributed by atoms with van der Waals surface area (Å²) in [6.45, 7) is 2.00. The van der Waals surface area contributed by atoms with E-state index in [-0.39, 0.29) is 5.91 Å². The first-order chi connectivity index (χ1) is 8.65. The van der Waals surface area contributed by atoms with Crippen LogP contribution in [0.3, 0.4) is 0 Å². The average Bonchev–Trinajstić information content (AvgIpc) is 2.83. The highest BCUT2D eigenvalue weighted by Gasteiger charge is 2.07. The van der Waals surface area contributed by atoms with Gasteiger partial charge < -0.3 is 5.32 Å². The molecule has 1 heterocycles. The Balaban J connectivity index is 1.91. The van der Waals surface area contributed by atoms with Gasteiger partial charge >= 0.3 is 0 Å². The van der Waals surface area contributed by atoms with Crippen molar-refractivity contribution >= 4 is 50.6 Å². The smallest absolute Gasteiger partial charge is 0.234 e. The molecule has 7 heteroatoms. The minimum atomic E-state index is -0.0558. The van der Waals surface area contributed by atoms with Crippen LogP contribution in [0.15, 0.2) is 32.5 Å². The Bertz CT molecular complexity index is 545. The number of nitrogens with one attached hydrogen (secondary N) is 1. The van der Waals surface area contributed by atoms with Gasteiger partial charge in [0.25, 0.3) is 0 Å². The van der Waals surface area contributed by atoms with Gasteiger partial charge in [-0.05, 0) is 40.5 Å². The number of hydrogen-bond acceptors (Lipinski definition) is 5. The molecule has 1 aromatic carbocycles. The normalized spacial score (nSPS) is 10.3. The van der Waals surface area contributed by atoms with Crippen LogP contribution in [0.4, 0.5) is 5.69 Å². The maximum atomic E-state index is 11.7. The van der Waals surface area contributed by atoms with E-state index >= 15 is 0 Å². The van der Waals surface area contributed by atoms with Gasteiger partial charge in [-0.15, -0.1) is 10.2 Å². The van der Waals surface area contributed by atoms with E-state index in [2.05, 4.69) is 31.4 Å². The van der Waals surface area contributed by atoms with E-state index in [1.807, 2.05) is 25.1 Å². The molecule has 1 amide bonds. The van der Waals surface area contributed by atoms with Crippen LogP contribution >= 0.6 is 39.0 Å². The van der Waals surface area contributed by atoms with Gasteiger partial charge in [0.1, 0.15) is 5.51 Å². The molecule has 18 heavy (non-hydrogen) atoms. The molecule has 0 radical (unpaired) electrons. The van der Waals surface area contributed by atoms with Gasteiger partial charge in [0, 0.05) is 4.47 Å². The van der Waals surface area contributed by atoms with Crippen LogP contribution < -0.4 is 5.32 Å². The van der Waals surface area contributed by atoms with Crippen LogP contribution in [0, 0.1) is 6.92 Å². The Hall–Kier alpha value is -0.920. The van der Waals surface area contributed by atoms with E-state index in [9.17, 15) is 4.79 Å². The summed E-state index contributed by atoms with van der Waals surface area (Å²) >= 11 is 6.23. The number of aromatic nitrogens is 2. The average molecular weight is 344 g/mol. The van der Waals surface area contributed by atoms with Crippen molar-refractivity contribution in [3.05, 3.63) is 33.7 Å². The van der Waals surface area contributed by atoms with Crippen LogP contribution in [-0.2, 0) is 4.79 Å². The largest absolute Gasteiger partial charge is 0.324 e. The third kappa shape index (κ3) is 3.79. The molecule has 0 saturated carbocycles. The van der Waals surface area contributed by atoms with Crippen molar-refractivity contribution in [2.24, 2.45) is 0 Å². The lowest BCUT2D eigenvalue weighted by Gasteiger charge is -2.07. The molecule has 0 bridgehead atoms. The summed E-state index contributed by atoms with van der Waals surface area (Å²) in [5.74, 6) is 0.273. The van der Waals surface area contributed by atoms with E-state index < -0.39 is 0 Å². The SMILES string of the molecule is Cc1ccc(NC(=O)CSc2nncs2)c(Br)c1. The van der Waals surface area contributed by atoms with E-state index in [1.54, 1.807) is 5.51 Å². The third-order valence-electron chi connectivity index (χ3n) is 2.07. The van der Waals surface area contributed by atoms with Gasteiger partial charge in [0.05, 0.1) is 11.4 Å². The zero-order chi connectivity index (χ0) is 13.0. The molecular weight excluding hydrogens is 334 g/mol. The lowest BCUT2D eigenvalue weighted by Crippen LogP contribution is -2.14. The Morgan fingerprint density at radius 3 is 3.06 bits per heavy atom. The third-order valence-corrected chi connectivity index (χ3v) is 4.58. The number of thioether (sulfide) groups is 1. The second-order valence-electron chi connectivity index (χ2n) is 3.52. The highest BCUT2D eigenvalue weighted by atomic mass is 79.9. The molecule has 0 fully saturated rings. The van der Waals surface area contributed by atoms with Crippen LogP contribution in [0.2, 0.25) is 0 Å². The molecule has 0 atom stereocenters. The number of aryl methyl sites for hydroxylation is 1. The van der Waals surface area contributed by atoms with Crippen molar-refractivity contribution in [3.63, 3.8) is 0 Å². The molecule has 1 aromatic heterocycles. The van der Waals surface area contributed by atoms with E-state index in [0.717, 1.165) is 20.1 Å². The van der Waals surface area contributed by atoms with E-state index in [4.69, 9.17) is 0 Å². The molecule has 0 aliphatic rings. The first kappa shape index (κ1) is 13.5. The molecule has 94 valence electrons. The minimum absolute atomic E-state index is 0.0558. The minimum Gasteiger partial charge on any atom is -0.324 e. The number of carbonyl (C=O) groups is 1. The van der Waals surface area contributed by atoms with Gasteiger partial charge in [0.15, 0.2) is 4.34 Å². The molecule has 2 aromatic rings. The predicted molar refractivity (Wildman–Crippen MR) is 78.1 cm³/mol.